The van der Waals surface area contributed by atoms with E-state index in [0.717, 1.165) is 16.0 Å². The number of nitrogens with one attached hydrogen (secondary N) is 1. The predicted molar refractivity (Wildman–Crippen MR) is 61.8 cm³/mol. The lowest BCUT2D eigenvalue weighted by atomic mass is 9.98. The van der Waals surface area contributed by atoms with E-state index in [1.807, 2.05) is 12.1 Å². The van der Waals surface area contributed by atoms with Crippen molar-refractivity contribution in [2.75, 3.05) is 6.54 Å². The Morgan fingerprint density at radius 1 is 1.46 bits per heavy atom. The van der Waals surface area contributed by atoms with E-state index in [0.29, 0.717) is 6.04 Å². The molecule has 0 aliphatic carbocycles. The number of hydrogen-bond acceptors (Lipinski definition) is 1. The van der Waals surface area contributed by atoms with E-state index >= 15 is 0 Å². The summed E-state index contributed by atoms with van der Waals surface area (Å²) in [4.78, 5) is 0. The molecule has 0 spiro atoms. The van der Waals surface area contributed by atoms with Crippen molar-refractivity contribution >= 4 is 39.9 Å². The molecule has 1 saturated heterocycles. The molecule has 1 N–H and O–H groups in total. The zero-order valence-corrected chi connectivity index (χ0v) is 10.0. The van der Waals surface area contributed by atoms with Crippen LogP contribution in [0.25, 0.3) is 0 Å². The number of rotatable bonds is 1. The summed E-state index contributed by atoms with van der Waals surface area (Å²) in [5.41, 5.74) is 1.31. The van der Waals surface area contributed by atoms with Gasteiger partial charge in [0.05, 0.1) is 0 Å². The minimum absolute atomic E-state index is 0. The number of hydrogen-bond donors (Lipinski definition) is 1. The third-order valence-electron chi connectivity index (χ3n) is 2.16. The predicted octanol–water partition coefficient (Wildman–Crippen LogP) is 3.56. The maximum Gasteiger partial charge on any atom is 0.0417 e. The van der Waals surface area contributed by atoms with Gasteiger partial charge in [0.15, 0.2) is 0 Å². The second-order valence-electron chi connectivity index (χ2n) is 2.96. The minimum Gasteiger partial charge on any atom is -0.310 e. The fraction of sp³-hybridized carbons (Fsp3) is 0.333. The Hall–Kier alpha value is 0.240. The Labute approximate surface area is 97.4 Å². The van der Waals surface area contributed by atoms with Crippen LogP contribution in [0.4, 0.5) is 0 Å². The molecule has 0 aromatic heterocycles. The minimum atomic E-state index is 0. The third-order valence-corrected chi connectivity index (χ3v) is 3.08. The van der Waals surface area contributed by atoms with Gasteiger partial charge in [0.1, 0.15) is 0 Å². The van der Waals surface area contributed by atoms with E-state index < -0.39 is 0 Å². The van der Waals surface area contributed by atoms with Crippen LogP contribution in [-0.4, -0.2) is 6.54 Å². The van der Waals surface area contributed by atoms with Crippen molar-refractivity contribution in [3.8, 4) is 0 Å². The summed E-state index contributed by atoms with van der Waals surface area (Å²) >= 11 is 9.33. The van der Waals surface area contributed by atoms with E-state index in [-0.39, 0.29) is 12.4 Å². The van der Waals surface area contributed by atoms with Gasteiger partial charge < -0.3 is 5.32 Å². The summed E-state index contributed by atoms with van der Waals surface area (Å²) in [5, 5.41) is 4.13. The second kappa shape index (κ2) is 4.65. The van der Waals surface area contributed by atoms with Crippen LogP contribution in [0.1, 0.15) is 18.0 Å². The summed E-state index contributed by atoms with van der Waals surface area (Å²) in [6, 6.07) is 6.47. The van der Waals surface area contributed by atoms with Gasteiger partial charge in [-0.3, -0.25) is 0 Å². The Balaban J connectivity index is 0.000000845. The highest BCUT2D eigenvalue weighted by Crippen LogP contribution is 2.31. The van der Waals surface area contributed by atoms with Gasteiger partial charge in [-0.05, 0) is 30.7 Å². The van der Waals surface area contributed by atoms with Crippen LogP contribution < -0.4 is 5.32 Å². The molecule has 13 heavy (non-hydrogen) atoms. The lowest BCUT2D eigenvalue weighted by molar-refractivity contribution is 0.382. The Morgan fingerprint density at radius 2 is 2.15 bits per heavy atom. The smallest absolute Gasteiger partial charge is 0.0417 e. The molecule has 1 aliphatic heterocycles. The normalized spacial score (nSPS) is 20.3. The highest BCUT2D eigenvalue weighted by atomic mass is 79.9. The topological polar surface area (TPSA) is 12.0 Å². The van der Waals surface area contributed by atoms with E-state index in [9.17, 15) is 0 Å². The van der Waals surface area contributed by atoms with Crippen molar-refractivity contribution in [2.45, 2.75) is 12.5 Å². The van der Waals surface area contributed by atoms with Gasteiger partial charge in [0.25, 0.3) is 0 Å². The molecule has 1 aliphatic rings. The first-order valence-electron chi connectivity index (χ1n) is 3.96. The first-order chi connectivity index (χ1) is 5.77. The number of benzene rings is 1. The maximum absolute atomic E-state index is 5.83. The number of halogens is 3. The van der Waals surface area contributed by atoms with Gasteiger partial charge in [0, 0.05) is 15.5 Å². The van der Waals surface area contributed by atoms with Crippen LogP contribution in [0.15, 0.2) is 22.7 Å². The molecule has 0 saturated carbocycles. The SMILES string of the molecule is Cl.Clc1ccc([C@@H]2CCN2)c(Br)c1. The molecule has 0 radical (unpaired) electrons. The molecular weight excluding hydrogens is 273 g/mol. The van der Waals surface area contributed by atoms with Gasteiger partial charge in [-0.25, -0.2) is 0 Å². The fourth-order valence-electron chi connectivity index (χ4n) is 1.34. The monoisotopic (exact) mass is 281 g/mol. The summed E-state index contributed by atoms with van der Waals surface area (Å²) in [6.45, 7) is 1.12. The molecule has 1 aromatic carbocycles. The molecule has 0 amide bonds. The molecule has 2 rings (SSSR count). The molecular formula is C9H10BrCl2N. The van der Waals surface area contributed by atoms with Crippen molar-refractivity contribution < 1.29 is 0 Å². The van der Waals surface area contributed by atoms with Crippen molar-refractivity contribution in [3.05, 3.63) is 33.3 Å². The van der Waals surface area contributed by atoms with Gasteiger partial charge in [-0.15, -0.1) is 12.4 Å². The van der Waals surface area contributed by atoms with Crippen molar-refractivity contribution in [2.24, 2.45) is 0 Å². The van der Waals surface area contributed by atoms with E-state index in [1.54, 1.807) is 0 Å². The summed E-state index contributed by atoms with van der Waals surface area (Å²) in [5.74, 6) is 0. The molecule has 72 valence electrons. The zero-order valence-electron chi connectivity index (χ0n) is 6.89. The molecule has 0 bridgehead atoms. The fourth-order valence-corrected chi connectivity index (χ4v) is 2.30. The molecule has 1 atom stereocenters. The zero-order chi connectivity index (χ0) is 8.55. The van der Waals surface area contributed by atoms with Gasteiger partial charge in [-0.2, -0.15) is 0 Å². The van der Waals surface area contributed by atoms with Crippen molar-refractivity contribution in [1.82, 2.24) is 5.32 Å². The van der Waals surface area contributed by atoms with Crippen LogP contribution >= 0.6 is 39.9 Å². The molecule has 1 fully saturated rings. The van der Waals surface area contributed by atoms with E-state index in [2.05, 4.69) is 27.3 Å². The van der Waals surface area contributed by atoms with Crippen molar-refractivity contribution in [1.29, 1.82) is 0 Å². The average molecular weight is 283 g/mol. The first kappa shape index (κ1) is 11.3. The largest absolute Gasteiger partial charge is 0.310 e. The van der Waals surface area contributed by atoms with Gasteiger partial charge in [-0.1, -0.05) is 33.6 Å². The molecule has 1 nitrogen and oxygen atoms in total. The van der Waals surface area contributed by atoms with E-state index in [1.165, 1.54) is 12.0 Å². The molecule has 1 aromatic rings. The second-order valence-corrected chi connectivity index (χ2v) is 4.25. The third kappa shape index (κ3) is 2.38. The Morgan fingerprint density at radius 3 is 2.62 bits per heavy atom. The summed E-state index contributed by atoms with van der Waals surface area (Å²) in [7, 11) is 0. The molecule has 0 unspecified atom stereocenters. The average Bonchev–Trinajstić information content (AvgIpc) is 1.91. The Bertz CT molecular complexity index is 300. The van der Waals surface area contributed by atoms with Crippen LogP contribution in [-0.2, 0) is 0 Å². The maximum atomic E-state index is 5.83. The standard InChI is InChI=1S/C9H9BrClN.ClH/c10-8-5-6(11)1-2-7(8)9-3-4-12-9;/h1-2,5,9,12H,3-4H2;1H/t9-;/m0./s1. The van der Waals surface area contributed by atoms with Gasteiger partial charge in [0.2, 0.25) is 0 Å². The van der Waals surface area contributed by atoms with Crippen LogP contribution in [0.5, 0.6) is 0 Å². The first-order valence-corrected chi connectivity index (χ1v) is 5.13. The molecule has 1 heterocycles. The Kier molecular flexibility index (Phi) is 4.05. The van der Waals surface area contributed by atoms with Crippen LogP contribution in [0.3, 0.4) is 0 Å². The van der Waals surface area contributed by atoms with Crippen LogP contribution in [0, 0.1) is 0 Å². The summed E-state index contributed by atoms with van der Waals surface area (Å²) < 4.78 is 1.10. The van der Waals surface area contributed by atoms with Gasteiger partial charge >= 0.3 is 0 Å². The van der Waals surface area contributed by atoms with Crippen LogP contribution in [0.2, 0.25) is 5.02 Å². The van der Waals surface area contributed by atoms with Crippen molar-refractivity contribution in [3.63, 3.8) is 0 Å². The van der Waals surface area contributed by atoms with E-state index in [4.69, 9.17) is 11.6 Å². The lowest BCUT2D eigenvalue weighted by Gasteiger charge is -2.28. The highest BCUT2D eigenvalue weighted by Gasteiger charge is 2.20. The quantitative estimate of drug-likeness (QED) is 0.831. The molecule has 4 heteroatoms. The summed E-state index contributed by atoms with van der Waals surface area (Å²) in [6.07, 6.45) is 1.22. The highest BCUT2D eigenvalue weighted by molar-refractivity contribution is 9.10. The lowest BCUT2D eigenvalue weighted by Crippen LogP contribution is -2.35.